The SMILES string of the molecule is CCOC(=O)[C@H](OC)[C@H](N)Cc1ccc(-c2cccc(Cl)c2)cc1.CCl. The van der Waals surface area contributed by atoms with Crippen molar-refractivity contribution in [1.29, 1.82) is 0 Å². The second-order valence-electron chi connectivity index (χ2n) is 5.48. The summed E-state index contributed by atoms with van der Waals surface area (Å²) in [5.74, 6) is -0.428. The van der Waals surface area contributed by atoms with Crippen LogP contribution in [0.1, 0.15) is 12.5 Å². The van der Waals surface area contributed by atoms with Crippen molar-refractivity contribution in [3.8, 4) is 11.1 Å². The molecular weight excluding hydrogens is 373 g/mol. The van der Waals surface area contributed by atoms with Crippen LogP contribution in [0.3, 0.4) is 0 Å². The topological polar surface area (TPSA) is 61.5 Å². The number of rotatable bonds is 7. The minimum atomic E-state index is -0.766. The summed E-state index contributed by atoms with van der Waals surface area (Å²) in [7, 11) is 1.46. The maximum atomic E-state index is 11.8. The number of hydrogen-bond acceptors (Lipinski definition) is 4. The van der Waals surface area contributed by atoms with E-state index in [1.54, 1.807) is 6.92 Å². The fourth-order valence-electron chi connectivity index (χ4n) is 2.55. The first-order valence-electron chi connectivity index (χ1n) is 8.22. The Kier molecular flexibility index (Phi) is 10.3. The van der Waals surface area contributed by atoms with E-state index in [-0.39, 0.29) is 0 Å². The fraction of sp³-hybridized carbons (Fsp3) is 0.350. The molecule has 0 radical (unpaired) electrons. The summed E-state index contributed by atoms with van der Waals surface area (Å²) < 4.78 is 10.2. The van der Waals surface area contributed by atoms with Gasteiger partial charge in [-0.3, -0.25) is 0 Å². The smallest absolute Gasteiger partial charge is 0.336 e. The Labute approximate surface area is 165 Å². The van der Waals surface area contributed by atoms with Gasteiger partial charge in [0.25, 0.3) is 0 Å². The molecule has 2 aromatic carbocycles. The Hall–Kier alpha value is -1.59. The van der Waals surface area contributed by atoms with Crippen LogP contribution in [0.15, 0.2) is 48.5 Å². The van der Waals surface area contributed by atoms with Crippen molar-refractivity contribution in [2.45, 2.75) is 25.5 Å². The molecule has 2 rings (SSSR count). The standard InChI is InChI=1S/C19H22ClNO3.CH3Cl/c1-3-24-19(22)18(23-2)17(21)11-13-7-9-14(10-8-13)15-5-4-6-16(20)12-15;1-2/h4-10,12,17-18H,3,11,21H2,1-2H3;1H3/t17-,18-;/m1./s1. The summed E-state index contributed by atoms with van der Waals surface area (Å²) in [4.78, 5) is 11.8. The molecule has 4 nitrogen and oxygen atoms in total. The van der Waals surface area contributed by atoms with Gasteiger partial charge in [0.15, 0.2) is 6.10 Å². The van der Waals surface area contributed by atoms with Crippen molar-refractivity contribution in [2.24, 2.45) is 5.73 Å². The molecule has 2 atom stereocenters. The van der Waals surface area contributed by atoms with E-state index >= 15 is 0 Å². The number of ether oxygens (including phenoxy) is 2. The van der Waals surface area contributed by atoms with Gasteiger partial charge in [-0.1, -0.05) is 48.0 Å². The zero-order valence-corrected chi connectivity index (χ0v) is 16.8. The van der Waals surface area contributed by atoms with Crippen LogP contribution in [-0.4, -0.2) is 38.2 Å². The van der Waals surface area contributed by atoms with Gasteiger partial charge in [-0.05, 0) is 42.2 Å². The number of esters is 1. The Morgan fingerprint density at radius 1 is 1.12 bits per heavy atom. The summed E-state index contributed by atoms with van der Waals surface area (Å²) in [6, 6.07) is 15.2. The van der Waals surface area contributed by atoms with Gasteiger partial charge in [-0.15, -0.1) is 11.6 Å². The van der Waals surface area contributed by atoms with Crippen LogP contribution in [-0.2, 0) is 20.7 Å². The average Bonchev–Trinajstić information content (AvgIpc) is 2.65. The molecule has 0 bridgehead atoms. The first-order valence-corrected chi connectivity index (χ1v) is 9.36. The predicted octanol–water partition coefficient (Wildman–Crippen LogP) is 4.31. The Morgan fingerprint density at radius 2 is 1.77 bits per heavy atom. The van der Waals surface area contributed by atoms with Gasteiger partial charge in [-0.2, -0.15) is 0 Å². The lowest BCUT2D eigenvalue weighted by Gasteiger charge is -2.21. The maximum absolute atomic E-state index is 11.8. The maximum Gasteiger partial charge on any atom is 0.336 e. The number of hydrogen-bond donors (Lipinski definition) is 1. The molecule has 6 heteroatoms. The van der Waals surface area contributed by atoms with Crippen LogP contribution >= 0.6 is 23.2 Å². The highest BCUT2D eigenvalue weighted by Crippen LogP contribution is 2.23. The van der Waals surface area contributed by atoms with Gasteiger partial charge in [0, 0.05) is 24.6 Å². The van der Waals surface area contributed by atoms with E-state index in [0.29, 0.717) is 18.1 Å². The van der Waals surface area contributed by atoms with Crippen LogP contribution in [0.2, 0.25) is 5.02 Å². The monoisotopic (exact) mass is 397 g/mol. The molecule has 2 N–H and O–H groups in total. The fourth-order valence-corrected chi connectivity index (χ4v) is 2.74. The molecule has 0 amide bonds. The summed E-state index contributed by atoms with van der Waals surface area (Å²) in [6.45, 7) is 2.06. The number of carbonyl (C=O) groups excluding carboxylic acids is 1. The number of carbonyl (C=O) groups is 1. The minimum Gasteiger partial charge on any atom is -0.464 e. The van der Waals surface area contributed by atoms with E-state index in [1.807, 2.05) is 48.5 Å². The Bertz CT molecular complexity index is 677. The van der Waals surface area contributed by atoms with Gasteiger partial charge in [0.2, 0.25) is 0 Å². The van der Waals surface area contributed by atoms with Crippen molar-refractivity contribution in [3.63, 3.8) is 0 Å². The summed E-state index contributed by atoms with van der Waals surface area (Å²) in [5, 5.41) is 0.705. The van der Waals surface area contributed by atoms with E-state index in [0.717, 1.165) is 16.7 Å². The van der Waals surface area contributed by atoms with Crippen molar-refractivity contribution in [1.82, 2.24) is 0 Å². The highest BCUT2D eigenvalue weighted by Gasteiger charge is 2.26. The summed E-state index contributed by atoms with van der Waals surface area (Å²) >= 11 is 10.7. The largest absolute Gasteiger partial charge is 0.464 e. The molecular formula is C20H25Cl2NO3. The Morgan fingerprint density at radius 3 is 2.31 bits per heavy atom. The van der Waals surface area contributed by atoms with Crippen molar-refractivity contribution >= 4 is 29.2 Å². The molecule has 0 spiro atoms. The Balaban J connectivity index is 0.00000163. The van der Waals surface area contributed by atoms with E-state index in [9.17, 15) is 4.79 Å². The number of benzene rings is 2. The zero-order chi connectivity index (χ0) is 19.5. The van der Waals surface area contributed by atoms with Gasteiger partial charge >= 0.3 is 5.97 Å². The first-order chi connectivity index (χ1) is 12.5. The normalized spacial score (nSPS) is 12.5. The molecule has 0 aromatic heterocycles. The van der Waals surface area contributed by atoms with E-state index in [4.69, 9.17) is 26.8 Å². The molecule has 0 aliphatic heterocycles. The molecule has 0 aliphatic rings. The molecule has 2 aromatic rings. The molecule has 0 heterocycles. The highest BCUT2D eigenvalue weighted by molar-refractivity contribution is 6.30. The molecule has 0 aliphatic carbocycles. The van der Waals surface area contributed by atoms with Crippen LogP contribution in [0, 0.1) is 0 Å². The number of halogens is 2. The summed E-state index contributed by atoms with van der Waals surface area (Å²) in [6.07, 6.45) is 1.23. The third kappa shape index (κ3) is 6.61. The average molecular weight is 398 g/mol. The lowest BCUT2D eigenvalue weighted by atomic mass is 9.99. The van der Waals surface area contributed by atoms with Crippen molar-refractivity contribution < 1.29 is 14.3 Å². The lowest BCUT2D eigenvalue weighted by molar-refractivity contribution is -0.156. The lowest BCUT2D eigenvalue weighted by Crippen LogP contribution is -2.44. The number of nitrogens with two attached hydrogens (primary N) is 1. The second kappa shape index (κ2) is 11.9. The molecule has 0 unspecified atom stereocenters. The number of alkyl halides is 1. The first kappa shape index (κ1) is 22.5. The van der Waals surface area contributed by atoms with Gasteiger partial charge in [-0.25, -0.2) is 4.79 Å². The molecule has 0 saturated heterocycles. The zero-order valence-electron chi connectivity index (χ0n) is 15.2. The molecule has 0 fully saturated rings. The van der Waals surface area contributed by atoms with E-state index in [2.05, 4.69) is 11.6 Å². The van der Waals surface area contributed by atoms with Gasteiger partial charge < -0.3 is 15.2 Å². The predicted molar refractivity (Wildman–Crippen MR) is 108 cm³/mol. The van der Waals surface area contributed by atoms with Crippen LogP contribution in [0.4, 0.5) is 0 Å². The number of methoxy groups -OCH3 is 1. The van der Waals surface area contributed by atoms with Gasteiger partial charge in [0.05, 0.1) is 6.61 Å². The minimum absolute atomic E-state index is 0.305. The van der Waals surface area contributed by atoms with Crippen molar-refractivity contribution in [2.75, 3.05) is 20.1 Å². The third-order valence-electron chi connectivity index (χ3n) is 3.74. The van der Waals surface area contributed by atoms with Crippen LogP contribution in [0.5, 0.6) is 0 Å². The second-order valence-corrected chi connectivity index (χ2v) is 5.92. The molecule has 26 heavy (non-hydrogen) atoms. The highest BCUT2D eigenvalue weighted by atomic mass is 35.5. The van der Waals surface area contributed by atoms with E-state index in [1.165, 1.54) is 13.5 Å². The third-order valence-corrected chi connectivity index (χ3v) is 3.98. The summed E-state index contributed by atoms with van der Waals surface area (Å²) in [5.41, 5.74) is 9.27. The molecule has 0 saturated carbocycles. The van der Waals surface area contributed by atoms with Crippen LogP contribution in [0.25, 0.3) is 11.1 Å². The molecule has 142 valence electrons. The van der Waals surface area contributed by atoms with E-state index < -0.39 is 18.1 Å². The quantitative estimate of drug-likeness (QED) is 0.558. The van der Waals surface area contributed by atoms with Crippen LogP contribution < -0.4 is 5.73 Å². The van der Waals surface area contributed by atoms with Crippen molar-refractivity contribution in [3.05, 3.63) is 59.1 Å². The van der Waals surface area contributed by atoms with Gasteiger partial charge in [0.1, 0.15) is 0 Å².